The average Bonchev–Trinajstić information content (AvgIpc) is 2.80. The van der Waals surface area contributed by atoms with Gasteiger partial charge in [-0.15, -0.1) is 28.3 Å². The van der Waals surface area contributed by atoms with E-state index in [2.05, 4.69) is 18.3 Å². The van der Waals surface area contributed by atoms with Crippen molar-refractivity contribution in [2.24, 2.45) is 0 Å². The van der Waals surface area contributed by atoms with Crippen LogP contribution in [0.3, 0.4) is 0 Å². The van der Waals surface area contributed by atoms with Crippen LogP contribution in [0.15, 0.2) is 18.2 Å². The van der Waals surface area contributed by atoms with Gasteiger partial charge in [-0.05, 0) is 54.7 Å². The fourth-order valence-electron chi connectivity index (χ4n) is 3.65. The fraction of sp³-hybridized carbons (Fsp3) is 0.375. The molecule has 1 aliphatic carbocycles. The first-order valence-corrected chi connectivity index (χ1v) is 7.82. The van der Waals surface area contributed by atoms with Crippen LogP contribution >= 0.6 is 28.3 Å². The fourth-order valence-corrected chi connectivity index (χ4v) is 4.68. The molecule has 0 bridgehead atoms. The third kappa shape index (κ3) is 2.28. The second-order valence-corrected chi connectivity index (χ2v) is 7.12. The molecular formula is C16H18BrNO2S. The molecule has 2 aliphatic rings. The number of aryl methyl sites for hydroxylation is 2. The molecule has 2 atom stereocenters. The zero-order chi connectivity index (χ0) is 13.9. The van der Waals surface area contributed by atoms with Crippen LogP contribution in [0.1, 0.15) is 38.8 Å². The Bertz CT molecular complexity index is 698. The molecule has 0 fully saturated rings. The lowest BCUT2D eigenvalue weighted by atomic mass is 9.74. The summed E-state index contributed by atoms with van der Waals surface area (Å²) >= 11 is 1.85. The molecule has 112 valence electrons. The second-order valence-electron chi connectivity index (χ2n) is 5.78. The predicted octanol–water partition coefficient (Wildman–Crippen LogP) is 3.60. The maximum absolute atomic E-state index is 9.85. The van der Waals surface area contributed by atoms with E-state index in [4.69, 9.17) is 0 Å². The molecule has 3 nitrogen and oxygen atoms in total. The summed E-state index contributed by atoms with van der Waals surface area (Å²) in [6.45, 7) is 3.10. The van der Waals surface area contributed by atoms with Crippen molar-refractivity contribution < 1.29 is 10.2 Å². The molecule has 1 aliphatic heterocycles. The summed E-state index contributed by atoms with van der Waals surface area (Å²) < 4.78 is 0. The van der Waals surface area contributed by atoms with Gasteiger partial charge in [0.25, 0.3) is 0 Å². The average molecular weight is 368 g/mol. The van der Waals surface area contributed by atoms with Gasteiger partial charge in [0.1, 0.15) is 0 Å². The van der Waals surface area contributed by atoms with Crippen LogP contribution in [0.25, 0.3) is 0 Å². The van der Waals surface area contributed by atoms with Crippen molar-refractivity contribution >= 4 is 28.3 Å². The lowest BCUT2D eigenvalue weighted by molar-refractivity contribution is 0.382. The summed E-state index contributed by atoms with van der Waals surface area (Å²) in [5, 5.41) is 23.2. The van der Waals surface area contributed by atoms with Crippen molar-refractivity contribution in [1.29, 1.82) is 0 Å². The maximum atomic E-state index is 9.85. The maximum Gasteiger partial charge on any atom is 0.157 e. The number of hydrogen-bond donors (Lipinski definition) is 3. The van der Waals surface area contributed by atoms with Gasteiger partial charge in [-0.3, -0.25) is 0 Å². The first kappa shape index (κ1) is 14.9. The Labute approximate surface area is 138 Å². The zero-order valence-electron chi connectivity index (χ0n) is 11.7. The van der Waals surface area contributed by atoms with Gasteiger partial charge in [-0.1, -0.05) is 0 Å². The molecule has 21 heavy (non-hydrogen) atoms. The summed E-state index contributed by atoms with van der Waals surface area (Å²) in [4.78, 5) is 2.75. The summed E-state index contributed by atoms with van der Waals surface area (Å²) in [5.74, 6) is 0.287. The first-order valence-electron chi connectivity index (χ1n) is 7.01. The minimum Gasteiger partial charge on any atom is -0.504 e. The van der Waals surface area contributed by atoms with Crippen molar-refractivity contribution in [2.45, 2.75) is 38.3 Å². The van der Waals surface area contributed by atoms with Crippen LogP contribution in [0.4, 0.5) is 0 Å². The molecule has 0 radical (unpaired) electrons. The number of halogens is 1. The van der Waals surface area contributed by atoms with Crippen LogP contribution in [-0.2, 0) is 13.0 Å². The number of nitrogens with one attached hydrogen (secondary N) is 1. The number of fused-ring (bicyclic) bond motifs is 5. The smallest absolute Gasteiger partial charge is 0.157 e. The van der Waals surface area contributed by atoms with Gasteiger partial charge in [0, 0.05) is 28.3 Å². The molecule has 0 amide bonds. The normalized spacial score (nSPS) is 22.7. The summed E-state index contributed by atoms with van der Waals surface area (Å²) in [5.41, 5.74) is 3.74. The van der Waals surface area contributed by atoms with E-state index in [-0.39, 0.29) is 28.5 Å². The number of thiophene rings is 1. The lowest BCUT2D eigenvalue weighted by Crippen LogP contribution is -2.41. The Morgan fingerprint density at radius 1 is 1.14 bits per heavy atom. The highest BCUT2D eigenvalue weighted by atomic mass is 79.9. The van der Waals surface area contributed by atoms with Crippen molar-refractivity contribution in [1.82, 2.24) is 5.32 Å². The molecule has 0 saturated heterocycles. The van der Waals surface area contributed by atoms with Crippen molar-refractivity contribution in [2.75, 3.05) is 0 Å². The van der Waals surface area contributed by atoms with Crippen molar-refractivity contribution in [3.63, 3.8) is 0 Å². The van der Waals surface area contributed by atoms with Gasteiger partial charge in [-0.25, -0.2) is 0 Å². The molecule has 4 rings (SSSR count). The van der Waals surface area contributed by atoms with Crippen LogP contribution < -0.4 is 5.32 Å². The van der Waals surface area contributed by atoms with E-state index in [1.54, 1.807) is 12.1 Å². The van der Waals surface area contributed by atoms with Gasteiger partial charge in [0.15, 0.2) is 11.5 Å². The van der Waals surface area contributed by atoms with E-state index in [0.717, 1.165) is 19.4 Å². The number of phenols is 2. The zero-order valence-corrected chi connectivity index (χ0v) is 14.2. The molecule has 0 spiro atoms. The van der Waals surface area contributed by atoms with Crippen LogP contribution in [-0.4, -0.2) is 16.3 Å². The van der Waals surface area contributed by atoms with Crippen molar-refractivity contribution in [3.05, 3.63) is 44.6 Å². The Kier molecular flexibility index (Phi) is 3.76. The van der Waals surface area contributed by atoms with Crippen molar-refractivity contribution in [3.8, 4) is 11.5 Å². The second kappa shape index (κ2) is 5.30. The molecule has 0 unspecified atom stereocenters. The van der Waals surface area contributed by atoms with E-state index in [9.17, 15) is 10.2 Å². The standard InChI is InChI=1S/C16H17NO2S.BrH/c1-8-4-11-15(20-8)7-17-12-3-2-9-5-13(18)14(19)6-10(9)16(11)12;/h4-6,12,16-19H,2-3,7H2,1H3;1H/t12-,16+;/m0./s1. The van der Waals surface area contributed by atoms with Gasteiger partial charge >= 0.3 is 0 Å². The number of hydrogen-bond acceptors (Lipinski definition) is 4. The number of aromatic hydroxyl groups is 2. The van der Waals surface area contributed by atoms with Gasteiger partial charge in [0.05, 0.1) is 0 Å². The number of rotatable bonds is 0. The summed E-state index contributed by atoms with van der Waals surface area (Å²) in [6, 6.07) is 6.21. The van der Waals surface area contributed by atoms with Gasteiger partial charge in [-0.2, -0.15) is 0 Å². The molecule has 1 aromatic heterocycles. The highest BCUT2D eigenvalue weighted by Gasteiger charge is 2.36. The van der Waals surface area contributed by atoms with Crippen LogP contribution in [0.5, 0.6) is 11.5 Å². The summed E-state index contributed by atoms with van der Waals surface area (Å²) in [7, 11) is 0. The molecule has 3 N–H and O–H groups in total. The largest absolute Gasteiger partial charge is 0.504 e. The molecule has 2 heterocycles. The van der Waals surface area contributed by atoms with Gasteiger partial charge < -0.3 is 15.5 Å². The minimum absolute atomic E-state index is 0. The minimum atomic E-state index is -0.0107. The van der Waals surface area contributed by atoms with Crippen LogP contribution in [0, 0.1) is 6.92 Å². The number of benzene rings is 1. The number of phenolic OH excluding ortho intramolecular Hbond substituents is 2. The Hall–Kier alpha value is -1.04. The Morgan fingerprint density at radius 2 is 1.90 bits per heavy atom. The third-order valence-corrected chi connectivity index (χ3v) is 5.59. The quantitative estimate of drug-likeness (QED) is 0.623. The van der Waals surface area contributed by atoms with Gasteiger partial charge in [0.2, 0.25) is 0 Å². The third-order valence-electron chi connectivity index (χ3n) is 4.52. The Morgan fingerprint density at radius 3 is 2.71 bits per heavy atom. The highest BCUT2D eigenvalue weighted by Crippen LogP contribution is 2.45. The highest BCUT2D eigenvalue weighted by molar-refractivity contribution is 8.93. The van der Waals surface area contributed by atoms with Crippen LogP contribution in [0.2, 0.25) is 0 Å². The van der Waals surface area contributed by atoms with E-state index >= 15 is 0 Å². The predicted molar refractivity (Wildman–Crippen MR) is 89.9 cm³/mol. The SMILES string of the molecule is Br.Cc1cc2c(s1)CN[C@H]1CCc3cc(O)c(O)cc3[C@H]21. The molecular weight excluding hydrogens is 350 g/mol. The molecule has 1 aromatic carbocycles. The first-order chi connectivity index (χ1) is 9.63. The molecule has 5 heteroatoms. The molecule has 0 saturated carbocycles. The Balaban J connectivity index is 0.00000132. The summed E-state index contributed by atoms with van der Waals surface area (Å²) in [6.07, 6.45) is 2.03. The van der Waals surface area contributed by atoms with E-state index in [1.165, 1.54) is 26.4 Å². The monoisotopic (exact) mass is 367 g/mol. The van der Waals surface area contributed by atoms with E-state index < -0.39 is 0 Å². The molecule has 2 aromatic rings. The van der Waals surface area contributed by atoms with E-state index in [1.807, 2.05) is 11.3 Å². The topological polar surface area (TPSA) is 52.5 Å². The lowest BCUT2D eigenvalue weighted by Gasteiger charge is -2.38. The van der Waals surface area contributed by atoms with E-state index in [0.29, 0.717) is 12.0 Å².